The summed E-state index contributed by atoms with van der Waals surface area (Å²) in [6.07, 6.45) is 0.784. The van der Waals surface area contributed by atoms with Crippen molar-refractivity contribution in [3.8, 4) is 0 Å². The van der Waals surface area contributed by atoms with Crippen LogP contribution < -0.4 is 5.32 Å². The van der Waals surface area contributed by atoms with Crippen LogP contribution in [0.1, 0.15) is 22.0 Å². The normalized spacial score (nSPS) is 12.7. The van der Waals surface area contributed by atoms with Crippen molar-refractivity contribution in [2.45, 2.75) is 19.4 Å². The molecule has 1 aromatic heterocycles. The minimum atomic E-state index is 0.157. The second-order valence-electron chi connectivity index (χ2n) is 4.38. The van der Waals surface area contributed by atoms with E-state index in [1.165, 1.54) is 0 Å². The molecule has 1 heterocycles. The largest absolute Gasteiger partial charge is 0.312 e. The maximum Gasteiger partial charge on any atom is 0.0590 e. The second-order valence-corrected chi connectivity index (χ2v) is 6.51. The number of nitrogens with one attached hydrogen (secondary N) is 1. The molecule has 2 rings (SSSR count). The zero-order valence-corrected chi connectivity index (χ0v) is 13.7. The average molecular weight is 335 g/mol. The van der Waals surface area contributed by atoms with Gasteiger partial charge in [-0.2, -0.15) is 0 Å². The Hall–Kier alpha value is -0.250. The van der Waals surface area contributed by atoms with Crippen molar-refractivity contribution in [2.24, 2.45) is 0 Å². The number of halogens is 3. The lowest BCUT2D eigenvalue weighted by Crippen LogP contribution is -2.18. The van der Waals surface area contributed by atoms with Crippen LogP contribution in [0.15, 0.2) is 23.6 Å². The number of aryl methyl sites for hydroxylation is 1. The molecule has 102 valence electrons. The van der Waals surface area contributed by atoms with Crippen LogP contribution in [-0.4, -0.2) is 7.05 Å². The Morgan fingerprint density at radius 1 is 1.26 bits per heavy atom. The van der Waals surface area contributed by atoms with Gasteiger partial charge in [0.25, 0.3) is 0 Å². The highest BCUT2D eigenvalue weighted by Crippen LogP contribution is 2.35. The van der Waals surface area contributed by atoms with Gasteiger partial charge in [0.2, 0.25) is 0 Å². The molecule has 0 saturated carbocycles. The van der Waals surface area contributed by atoms with Gasteiger partial charge in [0, 0.05) is 21.0 Å². The molecule has 0 aliphatic rings. The number of hydrogen-bond donors (Lipinski definition) is 1. The van der Waals surface area contributed by atoms with E-state index >= 15 is 0 Å². The number of hydrogen-bond acceptors (Lipinski definition) is 2. The molecule has 0 aliphatic carbocycles. The Labute approximate surface area is 132 Å². The number of thiophene rings is 1. The van der Waals surface area contributed by atoms with Crippen LogP contribution in [-0.2, 0) is 6.42 Å². The molecule has 0 amide bonds. The van der Waals surface area contributed by atoms with Crippen LogP contribution in [0, 0.1) is 6.92 Å². The van der Waals surface area contributed by atoms with Crippen LogP contribution in [0.25, 0.3) is 0 Å². The first-order valence-corrected chi connectivity index (χ1v) is 7.89. The van der Waals surface area contributed by atoms with Gasteiger partial charge in [0.15, 0.2) is 0 Å². The highest BCUT2D eigenvalue weighted by atomic mass is 35.5. The van der Waals surface area contributed by atoms with Gasteiger partial charge in [-0.1, -0.05) is 40.9 Å². The maximum absolute atomic E-state index is 6.33. The molecular formula is C14H14Cl3NS. The maximum atomic E-state index is 6.33. The molecule has 1 N–H and O–H groups in total. The van der Waals surface area contributed by atoms with Crippen LogP contribution in [0.3, 0.4) is 0 Å². The van der Waals surface area contributed by atoms with Crippen LogP contribution in [0.4, 0.5) is 0 Å². The Morgan fingerprint density at radius 2 is 2.00 bits per heavy atom. The minimum Gasteiger partial charge on any atom is -0.312 e. The first-order chi connectivity index (χ1) is 9.02. The van der Waals surface area contributed by atoms with E-state index in [9.17, 15) is 0 Å². The van der Waals surface area contributed by atoms with Crippen molar-refractivity contribution >= 4 is 46.1 Å². The summed E-state index contributed by atoms with van der Waals surface area (Å²) in [6, 6.07) is 5.75. The van der Waals surface area contributed by atoms with Crippen molar-refractivity contribution in [3.05, 3.63) is 54.7 Å². The molecule has 0 saturated heterocycles. The van der Waals surface area contributed by atoms with Gasteiger partial charge in [-0.25, -0.2) is 0 Å². The Bertz CT molecular complexity index is 580. The van der Waals surface area contributed by atoms with Crippen LogP contribution in [0.2, 0.25) is 15.1 Å². The van der Waals surface area contributed by atoms with Crippen molar-refractivity contribution in [3.63, 3.8) is 0 Å². The average Bonchev–Trinajstić information content (AvgIpc) is 2.70. The van der Waals surface area contributed by atoms with E-state index in [2.05, 4.69) is 10.7 Å². The lowest BCUT2D eigenvalue weighted by atomic mass is 10.0. The van der Waals surface area contributed by atoms with Crippen molar-refractivity contribution in [1.29, 1.82) is 0 Å². The lowest BCUT2D eigenvalue weighted by Gasteiger charge is -2.16. The molecule has 0 spiro atoms. The third-order valence-corrected chi connectivity index (χ3v) is 5.44. The van der Waals surface area contributed by atoms with Gasteiger partial charge in [-0.3, -0.25) is 0 Å². The predicted octanol–water partition coefficient (Wildman–Crippen LogP) is 5.52. The first-order valence-electron chi connectivity index (χ1n) is 5.87. The molecule has 1 aromatic carbocycles. The van der Waals surface area contributed by atoms with Crippen LogP contribution in [0.5, 0.6) is 0 Å². The fourth-order valence-electron chi connectivity index (χ4n) is 1.92. The molecule has 0 bridgehead atoms. The van der Waals surface area contributed by atoms with E-state index in [1.807, 2.05) is 26.1 Å². The zero-order valence-electron chi connectivity index (χ0n) is 10.6. The van der Waals surface area contributed by atoms with Gasteiger partial charge < -0.3 is 5.32 Å². The van der Waals surface area contributed by atoms with E-state index in [1.54, 1.807) is 17.4 Å². The summed E-state index contributed by atoms with van der Waals surface area (Å²) in [5, 5.41) is 7.56. The summed E-state index contributed by atoms with van der Waals surface area (Å²) in [5.74, 6) is 0. The van der Waals surface area contributed by atoms with E-state index in [-0.39, 0.29) is 6.04 Å². The number of likely N-dealkylation sites (N-methyl/N-ethyl adjacent to an activating group) is 1. The fourth-order valence-corrected chi connectivity index (χ4v) is 3.84. The lowest BCUT2D eigenvalue weighted by molar-refractivity contribution is 0.602. The Morgan fingerprint density at radius 3 is 2.53 bits per heavy atom. The van der Waals surface area contributed by atoms with E-state index in [0.29, 0.717) is 10.0 Å². The summed E-state index contributed by atoms with van der Waals surface area (Å²) in [6.45, 7) is 2.02. The molecular weight excluding hydrogens is 321 g/mol. The van der Waals surface area contributed by atoms with Gasteiger partial charge >= 0.3 is 0 Å². The second kappa shape index (κ2) is 6.47. The SMILES string of the molecule is CNC(Cc1ccc(Cl)cc1Cl)c1scc(C)c1Cl. The van der Waals surface area contributed by atoms with Gasteiger partial charge in [-0.15, -0.1) is 11.3 Å². The van der Waals surface area contributed by atoms with Gasteiger partial charge in [0.05, 0.1) is 5.02 Å². The van der Waals surface area contributed by atoms with E-state index in [4.69, 9.17) is 34.8 Å². The summed E-state index contributed by atoms with van der Waals surface area (Å²) >= 11 is 20.1. The highest BCUT2D eigenvalue weighted by molar-refractivity contribution is 7.10. The quantitative estimate of drug-likeness (QED) is 0.776. The predicted molar refractivity (Wildman–Crippen MR) is 86.0 cm³/mol. The minimum absolute atomic E-state index is 0.157. The number of rotatable bonds is 4. The molecule has 1 atom stereocenters. The Balaban J connectivity index is 2.26. The standard InChI is InChI=1S/C14H14Cl3NS/c1-8-7-19-14(13(8)17)12(18-2)5-9-3-4-10(15)6-11(9)16/h3-4,6-7,12,18H,5H2,1-2H3. The summed E-state index contributed by atoms with van der Waals surface area (Å²) in [5.41, 5.74) is 2.18. The van der Waals surface area contributed by atoms with Gasteiger partial charge in [-0.05, 0) is 49.0 Å². The molecule has 5 heteroatoms. The van der Waals surface area contributed by atoms with Crippen molar-refractivity contribution in [2.75, 3.05) is 7.05 Å². The summed E-state index contributed by atoms with van der Waals surface area (Å²) in [7, 11) is 1.93. The molecule has 0 aliphatic heterocycles. The topological polar surface area (TPSA) is 12.0 Å². The van der Waals surface area contributed by atoms with Gasteiger partial charge in [0.1, 0.15) is 0 Å². The van der Waals surface area contributed by atoms with E-state index < -0.39 is 0 Å². The zero-order chi connectivity index (χ0) is 14.0. The fraction of sp³-hybridized carbons (Fsp3) is 0.286. The molecule has 19 heavy (non-hydrogen) atoms. The van der Waals surface area contributed by atoms with Crippen LogP contribution >= 0.6 is 46.1 Å². The Kier molecular flexibility index (Phi) is 5.15. The van der Waals surface area contributed by atoms with Crippen molar-refractivity contribution < 1.29 is 0 Å². The first kappa shape index (κ1) is 15.1. The molecule has 0 radical (unpaired) electrons. The highest BCUT2D eigenvalue weighted by Gasteiger charge is 2.18. The third kappa shape index (κ3) is 3.45. The smallest absolute Gasteiger partial charge is 0.0590 e. The van der Waals surface area contributed by atoms with Crippen molar-refractivity contribution in [1.82, 2.24) is 5.32 Å². The van der Waals surface area contributed by atoms with E-state index in [0.717, 1.165) is 27.4 Å². The monoisotopic (exact) mass is 333 g/mol. The molecule has 0 fully saturated rings. The number of benzene rings is 1. The summed E-state index contributed by atoms with van der Waals surface area (Å²) < 4.78 is 0. The molecule has 1 unspecified atom stereocenters. The summed E-state index contributed by atoms with van der Waals surface area (Å²) in [4.78, 5) is 1.15. The molecule has 2 aromatic rings. The third-order valence-electron chi connectivity index (χ3n) is 3.03. The molecule has 1 nitrogen and oxygen atoms in total.